The van der Waals surface area contributed by atoms with E-state index in [-0.39, 0.29) is 6.42 Å². The van der Waals surface area contributed by atoms with E-state index in [1.807, 2.05) is 12.1 Å². The first-order valence-electron chi connectivity index (χ1n) is 8.21. The Hall–Kier alpha value is -2.18. The molecule has 0 atom stereocenters. The SMILES string of the molecule is CC(=O)OC(=O)CCn1cc(CN2CCOCC2)c2ccccc21. The lowest BCUT2D eigenvalue weighted by molar-refractivity contribution is -0.158. The van der Waals surface area contributed by atoms with Gasteiger partial charge in [0.05, 0.1) is 19.6 Å². The topological polar surface area (TPSA) is 60.8 Å². The van der Waals surface area contributed by atoms with Gasteiger partial charge in [-0.15, -0.1) is 0 Å². The van der Waals surface area contributed by atoms with Gasteiger partial charge in [0.25, 0.3) is 0 Å². The van der Waals surface area contributed by atoms with Crippen LogP contribution < -0.4 is 0 Å². The minimum atomic E-state index is -0.564. The summed E-state index contributed by atoms with van der Waals surface area (Å²) in [7, 11) is 0. The number of ether oxygens (including phenoxy) is 2. The van der Waals surface area contributed by atoms with E-state index in [0.29, 0.717) is 6.54 Å². The molecule has 0 N–H and O–H groups in total. The zero-order valence-corrected chi connectivity index (χ0v) is 13.9. The Labute approximate surface area is 140 Å². The summed E-state index contributed by atoms with van der Waals surface area (Å²) >= 11 is 0. The zero-order valence-electron chi connectivity index (χ0n) is 13.9. The summed E-state index contributed by atoms with van der Waals surface area (Å²) in [5.74, 6) is -1.06. The van der Waals surface area contributed by atoms with Crippen molar-refractivity contribution in [1.29, 1.82) is 0 Å². The number of hydrogen-bond donors (Lipinski definition) is 0. The summed E-state index contributed by atoms with van der Waals surface area (Å²) < 4.78 is 12.1. The summed E-state index contributed by atoms with van der Waals surface area (Å²) in [5, 5.41) is 1.20. The number of fused-ring (bicyclic) bond motifs is 1. The second-order valence-corrected chi connectivity index (χ2v) is 5.97. The smallest absolute Gasteiger partial charge is 0.315 e. The number of nitrogens with zero attached hydrogens (tertiary/aromatic N) is 2. The maximum Gasteiger partial charge on any atom is 0.315 e. The van der Waals surface area contributed by atoms with Gasteiger partial charge in [0.2, 0.25) is 0 Å². The quantitative estimate of drug-likeness (QED) is 0.619. The standard InChI is InChI=1S/C18H22N2O4/c1-14(21)24-18(22)6-7-20-13-15(12-19-8-10-23-11-9-19)16-4-2-3-5-17(16)20/h2-5,13H,6-12H2,1H3. The third-order valence-electron chi connectivity index (χ3n) is 4.18. The van der Waals surface area contributed by atoms with Crippen LogP contribution in [0.4, 0.5) is 0 Å². The Balaban J connectivity index is 1.75. The maximum atomic E-state index is 11.6. The Morgan fingerprint density at radius 2 is 1.96 bits per heavy atom. The lowest BCUT2D eigenvalue weighted by Crippen LogP contribution is -2.35. The third-order valence-corrected chi connectivity index (χ3v) is 4.18. The fraction of sp³-hybridized carbons (Fsp3) is 0.444. The molecule has 0 spiro atoms. The van der Waals surface area contributed by atoms with Crippen LogP contribution in [0.2, 0.25) is 0 Å². The average Bonchev–Trinajstić information content (AvgIpc) is 2.91. The van der Waals surface area contributed by atoms with E-state index in [1.165, 1.54) is 17.9 Å². The maximum absolute atomic E-state index is 11.6. The molecule has 1 fully saturated rings. The van der Waals surface area contributed by atoms with Gasteiger partial charge in [-0.25, -0.2) is 0 Å². The second kappa shape index (κ2) is 7.59. The molecule has 0 radical (unpaired) electrons. The van der Waals surface area contributed by atoms with E-state index < -0.39 is 11.9 Å². The molecule has 6 nitrogen and oxygen atoms in total. The fourth-order valence-corrected chi connectivity index (χ4v) is 3.06. The van der Waals surface area contributed by atoms with Crippen LogP contribution in [-0.2, 0) is 32.2 Å². The normalized spacial score (nSPS) is 15.5. The number of para-hydroxylation sites is 1. The fourth-order valence-electron chi connectivity index (χ4n) is 3.06. The van der Waals surface area contributed by atoms with Crippen molar-refractivity contribution in [1.82, 2.24) is 9.47 Å². The molecule has 24 heavy (non-hydrogen) atoms. The molecule has 6 heteroatoms. The summed E-state index contributed by atoms with van der Waals surface area (Å²) in [4.78, 5) is 24.8. The number of morpholine rings is 1. The first-order valence-corrected chi connectivity index (χ1v) is 8.21. The van der Waals surface area contributed by atoms with Crippen molar-refractivity contribution in [2.75, 3.05) is 26.3 Å². The van der Waals surface area contributed by atoms with Crippen molar-refractivity contribution in [2.45, 2.75) is 26.4 Å². The third kappa shape index (κ3) is 4.01. The Morgan fingerprint density at radius 3 is 2.71 bits per heavy atom. The Bertz CT molecular complexity index is 732. The van der Waals surface area contributed by atoms with Gasteiger partial charge in [-0.3, -0.25) is 14.5 Å². The molecule has 128 valence electrons. The van der Waals surface area contributed by atoms with Crippen molar-refractivity contribution in [3.63, 3.8) is 0 Å². The molecule has 3 rings (SSSR count). The molecule has 1 aliphatic rings. The van der Waals surface area contributed by atoms with Gasteiger partial charge in [-0.05, 0) is 11.6 Å². The molecular weight excluding hydrogens is 308 g/mol. The molecular formula is C18H22N2O4. The van der Waals surface area contributed by atoms with Crippen LogP contribution >= 0.6 is 0 Å². The van der Waals surface area contributed by atoms with E-state index in [1.54, 1.807) is 0 Å². The summed E-state index contributed by atoms with van der Waals surface area (Å²) in [6.07, 6.45) is 2.27. The van der Waals surface area contributed by atoms with Crippen molar-refractivity contribution >= 4 is 22.8 Å². The molecule has 1 aliphatic heterocycles. The average molecular weight is 330 g/mol. The molecule has 1 aromatic carbocycles. The van der Waals surface area contributed by atoms with Gasteiger partial charge in [0.15, 0.2) is 0 Å². The summed E-state index contributed by atoms with van der Waals surface area (Å²) in [6, 6.07) is 8.18. The van der Waals surface area contributed by atoms with Crippen LogP contribution in [0.25, 0.3) is 10.9 Å². The van der Waals surface area contributed by atoms with Gasteiger partial charge in [0, 0.05) is 50.2 Å². The van der Waals surface area contributed by atoms with Crippen molar-refractivity contribution in [2.24, 2.45) is 0 Å². The van der Waals surface area contributed by atoms with Crippen LogP contribution in [0.15, 0.2) is 30.5 Å². The molecule has 0 unspecified atom stereocenters. The number of benzene rings is 1. The van der Waals surface area contributed by atoms with E-state index in [2.05, 4.69) is 32.5 Å². The molecule has 0 saturated carbocycles. The molecule has 1 aromatic heterocycles. The summed E-state index contributed by atoms with van der Waals surface area (Å²) in [6.45, 7) is 6.02. The summed E-state index contributed by atoms with van der Waals surface area (Å²) in [5.41, 5.74) is 2.34. The largest absolute Gasteiger partial charge is 0.393 e. The van der Waals surface area contributed by atoms with Crippen LogP contribution in [-0.4, -0.2) is 47.7 Å². The Morgan fingerprint density at radius 1 is 1.21 bits per heavy atom. The first kappa shape index (κ1) is 16.7. The van der Waals surface area contributed by atoms with Crippen LogP contribution in [0, 0.1) is 0 Å². The molecule has 0 aliphatic carbocycles. The lowest BCUT2D eigenvalue weighted by Gasteiger charge is -2.26. The highest BCUT2D eigenvalue weighted by atomic mass is 16.6. The highest BCUT2D eigenvalue weighted by Gasteiger charge is 2.15. The second-order valence-electron chi connectivity index (χ2n) is 5.97. The number of aryl methyl sites for hydroxylation is 1. The zero-order chi connectivity index (χ0) is 16.9. The number of aromatic nitrogens is 1. The van der Waals surface area contributed by atoms with Crippen molar-refractivity contribution in [3.8, 4) is 0 Å². The van der Waals surface area contributed by atoms with Gasteiger partial charge < -0.3 is 14.0 Å². The van der Waals surface area contributed by atoms with Gasteiger partial charge >= 0.3 is 11.9 Å². The van der Waals surface area contributed by atoms with Crippen molar-refractivity contribution < 1.29 is 19.1 Å². The minimum Gasteiger partial charge on any atom is -0.393 e. The van der Waals surface area contributed by atoms with Gasteiger partial charge in [-0.2, -0.15) is 0 Å². The number of esters is 2. The highest BCUT2D eigenvalue weighted by molar-refractivity contribution is 5.85. The van der Waals surface area contributed by atoms with E-state index >= 15 is 0 Å². The molecule has 0 bridgehead atoms. The van der Waals surface area contributed by atoms with Crippen molar-refractivity contribution in [3.05, 3.63) is 36.0 Å². The van der Waals surface area contributed by atoms with Gasteiger partial charge in [0.1, 0.15) is 0 Å². The van der Waals surface area contributed by atoms with E-state index in [9.17, 15) is 9.59 Å². The lowest BCUT2D eigenvalue weighted by atomic mass is 10.1. The predicted octanol–water partition coefficient (Wildman–Crippen LogP) is 1.95. The predicted molar refractivity (Wildman–Crippen MR) is 89.4 cm³/mol. The van der Waals surface area contributed by atoms with Crippen LogP contribution in [0.1, 0.15) is 18.9 Å². The first-order chi connectivity index (χ1) is 11.6. The van der Waals surface area contributed by atoms with Gasteiger partial charge in [-0.1, -0.05) is 18.2 Å². The molecule has 1 saturated heterocycles. The van der Waals surface area contributed by atoms with Crippen LogP contribution in [0.5, 0.6) is 0 Å². The van der Waals surface area contributed by atoms with E-state index in [4.69, 9.17) is 4.74 Å². The van der Waals surface area contributed by atoms with Crippen LogP contribution in [0.3, 0.4) is 0 Å². The molecule has 0 amide bonds. The number of hydrogen-bond acceptors (Lipinski definition) is 5. The molecule has 2 heterocycles. The van der Waals surface area contributed by atoms with E-state index in [0.717, 1.165) is 38.4 Å². The minimum absolute atomic E-state index is 0.176. The number of rotatable bonds is 5. The number of carbonyl (C=O) groups excluding carboxylic acids is 2. The Kier molecular flexibility index (Phi) is 5.27. The highest BCUT2D eigenvalue weighted by Crippen LogP contribution is 2.23. The molecule has 2 aromatic rings. The monoisotopic (exact) mass is 330 g/mol. The number of carbonyl (C=O) groups is 2.